The van der Waals surface area contributed by atoms with Crippen molar-refractivity contribution >= 4 is 15.7 Å². The average Bonchev–Trinajstić information content (AvgIpc) is 2.76. The molecule has 0 radical (unpaired) electrons. The molecule has 0 saturated carbocycles. The van der Waals surface area contributed by atoms with Crippen LogP contribution in [-0.2, 0) is 10.0 Å². The van der Waals surface area contributed by atoms with Gasteiger partial charge in [-0.2, -0.15) is 4.31 Å². The van der Waals surface area contributed by atoms with Crippen LogP contribution in [0.2, 0.25) is 0 Å². The second-order valence-corrected chi connectivity index (χ2v) is 6.15. The van der Waals surface area contributed by atoms with E-state index in [9.17, 15) is 28.7 Å². The van der Waals surface area contributed by atoms with Crippen LogP contribution in [0.5, 0.6) is 5.75 Å². The smallest absolute Gasteiger partial charge is 0.312 e. The summed E-state index contributed by atoms with van der Waals surface area (Å²) in [5.41, 5.74) is -0.666. The first-order valence-corrected chi connectivity index (χ1v) is 6.92. The zero-order chi connectivity index (χ0) is 14.2. The van der Waals surface area contributed by atoms with Crippen molar-refractivity contribution in [3.05, 3.63) is 28.3 Å². The molecule has 0 bridgehead atoms. The molecule has 1 aromatic carbocycles. The van der Waals surface area contributed by atoms with E-state index < -0.39 is 32.5 Å². The first kappa shape index (κ1) is 13.7. The number of phenols is 1. The molecule has 1 saturated heterocycles. The summed E-state index contributed by atoms with van der Waals surface area (Å²) >= 11 is 0. The maximum atomic E-state index is 12.2. The molecule has 0 spiro atoms. The van der Waals surface area contributed by atoms with E-state index in [1.165, 1.54) is 0 Å². The third-order valence-corrected chi connectivity index (χ3v) is 4.77. The third kappa shape index (κ3) is 2.53. The second kappa shape index (κ2) is 4.76. The van der Waals surface area contributed by atoms with Gasteiger partial charge in [0.25, 0.3) is 0 Å². The van der Waals surface area contributed by atoms with Gasteiger partial charge in [-0.25, -0.2) is 8.42 Å². The number of nitro benzene ring substituents is 1. The first-order valence-electron chi connectivity index (χ1n) is 5.48. The maximum Gasteiger partial charge on any atom is 0.312 e. The fourth-order valence-corrected chi connectivity index (χ4v) is 3.40. The fourth-order valence-electron chi connectivity index (χ4n) is 1.89. The molecule has 1 aliphatic rings. The summed E-state index contributed by atoms with van der Waals surface area (Å²) in [5.74, 6) is -0.592. The summed E-state index contributed by atoms with van der Waals surface area (Å²) in [7, 11) is -3.89. The number of nitro groups is 1. The number of phenolic OH excluding ortho intramolecular Hbond substituents is 1. The molecule has 1 aromatic rings. The van der Waals surface area contributed by atoms with Crippen LogP contribution < -0.4 is 0 Å². The number of aliphatic hydroxyl groups is 1. The highest BCUT2D eigenvalue weighted by Crippen LogP contribution is 2.30. The van der Waals surface area contributed by atoms with E-state index >= 15 is 0 Å². The van der Waals surface area contributed by atoms with Gasteiger partial charge < -0.3 is 10.2 Å². The van der Waals surface area contributed by atoms with Crippen molar-refractivity contribution in [2.45, 2.75) is 17.4 Å². The van der Waals surface area contributed by atoms with Crippen LogP contribution in [0.3, 0.4) is 0 Å². The lowest BCUT2D eigenvalue weighted by atomic mass is 10.3. The Morgan fingerprint density at radius 2 is 2.11 bits per heavy atom. The normalized spacial score (nSPS) is 20.6. The Morgan fingerprint density at radius 1 is 1.42 bits per heavy atom. The van der Waals surface area contributed by atoms with Crippen LogP contribution >= 0.6 is 0 Å². The topological polar surface area (TPSA) is 121 Å². The van der Waals surface area contributed by atoms with Gasteiger partial charge in [-0.15, -0.1) is 0 Å². The Bertz CT molecular complexity index is 614. The molecule has 9 heteroatoms. The molecule has 1 heterocycles. The SMILES string of the molecule is O=[N+]([O-])c1cc(S(=O)(=O)N2CC[C@H](O)C2)ccc1O. The Labute approximate surface area is 109 Å². The van der Waals surface area contributed by atoms with E-state index in [4.69, 9.17) is 0 Å². The molecule has 104 valence electrons. The summed E-state index contributed by atoms with van der Waals surface area (Å²) in [6.07, 6.45) is -0.388. The van der Waals surface area contributed by atoms with E-state index in [2.05, 4.69) is 0 Å². The Morgan fingerprint density at radius 3 is 2.63 bits per heavy atom. The number of aliphatic hydroxyl groups excluding tert-OH is 1. The predicted octanol–water partition coefficient (Wildman–Crippen LogP) is 0.0557. The Kier molecular flexibility index (Phi) is 3.43. The molecule has 1 fully saturated rings. The molecule has 0 amide bonds. The van der Waals surface area contributed by atoms with Gasteiger partial charge >= 0.3 is 5.69 Å². The van der Waals surface area contributed by atoms with E-state index in [1.807, 2.05) is 0 Å². The van der Waals surface area contributed by atoms with Crippen LogP contribution in [0.1, 0.15) is 6.42 Å². The molecule has 8 nitrogen and oxygen atoms in total. The molecule has 0 unspecified atom stereocenters. The molecule has 19 heavy (non-hydrogen) atoms. The maximum absolute atomic E-state index is 12.2. The number of hydrogen-bond acceptors (Lipinski definition) is 6. The van der Waals surface area contributed by atoms with Crippen molar-refractivity contribution in [1.82, 2.24) is 4.31 Å². The monoisotopic (exact) mass is 288 g/mol. The molecule has 2 N–H and O–H groups in total. The van der Waals surface area contributed by atoms with Crippen LogP contribution in [0.15, 0.2) is 23.1 Å². The number of hydrogen-bond donors (Lipinski definition) is 2. The van der Waals surface area contributed by atoms with Crippen molar-refractivity contribution in [3.63, 3.8) is 0 Å². The van der Waals surface area contributed by atoms with Crippen LogP contribution in [0.4, 0.5) is 5.69 Å². The van der Waals surface area contributed by atoms with Gasteiger partial charge in [0.1, 0.15) is 0 Å². The van der Waals surface area contributed by atoms with Crippen LogP contribution in [0.25, 0.3) is 0 Å². The minimum absolute atomic E-state index is 0.0307. The molecule has 1 aliphatic heterocycles. The number of sulfonamides is 1. The number of rotatable bonds is 3. The summed E-state index contributed by atoms with van der Waals surface area (Å²) in [6.45, 7) is 0.134. The van der Waals surface area contributed by atoms with Crippen molar-refractivity contribution < 1.29 is 23.6 Å². The number of benzene rings is 1. The highest BCUT2D eigenvalue weighted by atomic mass is 32.2. The quantitative estimate of drug-likeness (QED) is 0.599. The van der Waals surface area contributed by atoms with Crippen LogP contribution in [0, 0.1) is 10.1 Å². The molecule has 0 aliphatic carbocycles. The van der Waals surface area contributed by atoms with Crippen molar-refractivity contribution in [3.8, 4) is 5.75 Å². The highest BCUT2D eigenvalue weighted by molar-refractivity contribution is 7.89. The van der Waals surface area contributed by atoms with E-state index in [-0.39, 0.29) is 18.0 Å². The van der Waals surface area contributed by atoms with Gasteiger partial charge in [-0.1, -0.05) is 0 Å². The van der Waals surface area contributed by atoms with Gasteiger partial charge in [0.2, 0.25) is 10.0 Å². The van der Waals surface area contributed by atoms with Gasteiger partial charge in [0.05, 0.1) is 15.9 Å². The summed E-state index contributed by atoms with van der Waals surface area (Å²) in [5, 5.41) is 29.3. The van der Waals surface area contributed by atoms with Crippen molar-refractivity contribution in [2.75, 3.05) is 13.1 Å². The number of β-amino-alcohol motifs (C(OH)–C–C–N with tert-alkyl or cyclic N) is 1. The minimum atomic E-state index is -3.89. The van der Waals surface area contributed by atoms with E-state index in [1.54, 1.807) is 0 Å². The molecular formula is C10H12N2O6S. The van der Waals surface area contributed by atoms with E-state index in [0.29, 0.717) is 6.42 Å². The van der Waals surface area contributed by atoms with Gasteiger partial charge in [0.15, 0.2) is 5.75 Å². The van der Waals surface area contributed by atoms with Gasteiger partial charge in [0, 0.05) is 19.2 Å². The molecular weight excluding hydrogens is 276 g/mol. The van der Waals surface area contributed by atoms with Gasteiger partial charge in [-0.3, -0.25) is 10.1 Å². The molecule has 2 rings (SSSR count). The third-order valence-electron chi connectivity index (χ3n) is 2.91. The fraction of sp³-hybridized carbons (Fsp3) is 0.400. The van der Waals surface area contributed by atoms with Crippen molar-refractivity contribution in [2.24, 2.45) is 0 Å². The lowest BCUT2D eigenvalue weighted by Gasteiger charge is -2.15. The lowest BCUT2D eigenvalue weighted by molar-refractivity contribution is -0.386. The zero-order valence-electron chi connectivity index (χ0n) is 9.76. The number of nitrogens with zero attached hydrogens (tertiary/aromatic N) is 2. The molecule has 0 aromatic heterocycles. The standard InChI is InChI=1S/C10H12N2O6S/c13-7-3-4-11(6-7)19(17,18)8-1-2-10(14)9(5-8)12(15)16/h1-2,5,7,13-14H,3-4,6H2/t7-/m0/s1. The first-order chi connectivity index (χ1) is 8.82. The summed E-state index contributed by atoms with van der Waals surface area (Å²) < 4.78 is 25.4. The molecule has 1 atom stereocenters. The Balaban J connectivity index is 2.41. The van der Waals surface area contributed by atoms with Gasteiger partial charge in [-0.05, 0) is 18.6 Å². The second-order valence-electron chi connectivity index (χ2n) is 4.21. The summed E-state index contributed by atoms with van der Waals surface area (Å²) in [6, 6.07) is 2.88. The van der Waals surface area contributed by atoms with Crippen molar-refractivity contribution in [1.29, 1.82) is 0 Å². The zero-order valence-corrected chi connectivity index (χ0v) is 10.6. The predicted molar refractivity (Wildman–Crippen MR) is 64.1 cm³/mol. The average molecular weight is 288 g/mol. The summed E-state index contributed by atoms with van der Waals surface area (Å²) in [4.78, 5) is 9.55. The lowest BCUT2D eigenvalue weighted by Crippen LogP contribution is -2.29. The minimum Gasteiger partial charge on any atom is -0.502 e. The number of aromatic hydroxyl groups is 1. The Hall–Kier alpha value is -1.71. The van der Waals surface area contributed by atoms with E-state index in [0.717, 1.165) is 22.5 Å². The van der Waals surface area contributed by atoms with Crippen LogP contribution in [-0.4, -0.2) is 47.1 Å². The largest absolute Gasteiger partial charge is 0.502 e. The highest BCUT2D eigenvalue weighted by Gasteiger charge is 2.32.